The molecule has 1 aliphatic carbocycles. The highest BCUT2D eigenvalue weighted by Gasteiger charge is 2.54. The van der Waals surface area contributed by atoms with Gasteiger partial charge in [-0.2, -0.15) is 0 Å². The molecule has 124 valence electrons. The van der Waals surface area contributed by atoms with Crippen molar-refractivity contribution in [2.45, 2.75) is 37.9 Å². The lowest BCUT2D eigenvalue weighted by atomic mass is 9.81. The van der Waals surface area contributed by atoms with Crippen LogP contribution in [0.5, 0.6) is 0 Å². The Bertz CT molecular complexity index is 553. The van der Waals surface area contributed by atoms with Gasteiger partial charge in [-0.05, 0) is 42.9 Å². The van der Waals surface area contributed by atoms with E-state index in [9.17, 15) is 4.79 Å². The molecule has 1 aromatic rings. The Kier molecular flexibility index (Phi) is 4.07. The van der Waals surface area contributed by atoms with E-state index in [-0.39, 0.29) is 5.60 Å². The van der Waals surface area contributed by atoms with Gasteiger partial charge in [0.2, 0.25) is 5.91 Å². The maximum absolute atomic E-state index is 12.2. The monoisotopic (exact) mass is 316 g/mol. The van der Waals surface area contributed by atoms with Crippen LogP contribution in [0.25, 0.3) is 0 Å². The Hall–Kier alpha value is -1.46. The first kappa shape index (κ1) is 15.1. The SMILES string of the molecule is O=C(CC1CC1)N1CC2(C1)OCCC2COCc1ccncc1. The Morgan fingerprint density at radius 3 is 2.83 bits per heavy atom. The molecule has 0 aromatic carbocycles. The van der Waals surface area contributed by atoms with Crippen molar-refractivity contribution in [3.05, 3.63) is 30.1 Å². The number of pyridine rings is 1. The van der Waals surface area contributed by atoms with Crippen LogP contribution in [0, 0.1) is 11.8 Å². The number of nitrogens with zero attached hydrogens (tertiary/aromatic N) is 2. The lowest BCUT2D eigenvalue weighted by Crippen LogP contribution is -2.66. The molecular formula is C18H24N2O3. The molecule has 5 heteroatoms. The minimum atomic E-state index is -0.141. The fourth-order valence-corrected chi connectivity index (χ4v) is 3.64. The summed E-state index contributed by atoms with van der Waals surface area (Å²) in [6.45, 7) is 3.60. The molecule has 1 atom stereocenters. The average molecular weight is 316 g/mol. The molecule has 2 saturated heterocycles. The summed E-state index contributed by atoms with van der Waals surface area (Å²) in [6, 6.07) is 3.95. The van der Waals surface area contributed by atoms with Gasteiger partial charge in [-0.25, -0.2) is 0 Å². The first-order valence-corrected chi connectivity index (χ1v) is 8.63. The number of ether oxygens (including phenoxy) is 2. The molecule has 4 rings (SSSR count). The van der Waals surface area contributed by atoms with Crippen LogP contribution in [0.2, 0.25) is 0 Å². The zero-order chi connectivity index (χ0) is 15.7. The Morgan fingerprint density at radius 2 is 2.09 bits per heavy atom. The number of carbonyl (C=O) groups is 1. The second-order valence-corrected chi connectivity index (χ2v) is 7.17. The van der Waals surface area contributed by atoms with E-state index in [1.54, 1.807) is 12.4 Å². The van der Waals surface area contributed by atoms with Crippen molar-refractivity contribution < 1.29 is 14.3 Å². The molecule has 3 fully saturated rings. The van der Waals surface area contributed by atoms with Crippen molar-refractivity contribution in [3.63, 3.8) is 0 Å². The highest BCUT2D eigenvalue weighted by Crippen LogP contribution is 2.41. The first-order chi connectivity index (χ1) is 11.3. The smallest absolute Gasteiger partial charge is 0.223 e. The maximum Gasteiger partial charge on any atom is 0.223 e. The van der Waals surface area contributed by atoms with Gasteiger partial charge in [0, 0.05) is 31.3 Å². The largest absolute Gasteiger partial charge is 0.376 e. The molecule has 3 aliphatic rings. The van der Waals surface area contributed by atoms with Crippen LogP contribution in [-0.4, -0.2) is 47.7 Å². The number of likely N-dealkylation sites (tertiary alicyclic amines) is 1. The quantitative estimate of drug-likeness (QED) is 0.806. The van der Waals surface area contributed by atoms with Gasteiger partial charge in [0.05, 0.1) is 26.3 Å². The summed E-state index contributed by atoms with van der Waals surface area (Å²) in [7, 11) is 0. The molecule has 0 bridgehead atoms. The number of carbonyl (C=O) groups excluding carboxylic acids is 1. The lowest BCUT2D eigenvalue weighted by molar-refractivity contribution is -0.169. The molecule has 1 aromatic heterocycles. The van der Waals surface area contributed by atoms with Crippen LogP contribution in [0.3, 0.4) is 0 Å². The summed E-state index contributed by atoms with van der Waals surface area (Å²) in [4.78, 5) is 18.1. The van der Waals surface area contributed by atoms with Crippen LogP contribution in [0.4, 0.5) is 0 Å². The molecular weight excluding hydrogens is 292 g/mol. The van der Waals surface area contributed by atoms with Gasteiger partial charge in [-0.15, -0.1) is 0 Å². The number of amides is 1. The van der Waals surface area contributed by atoms with Crippen LogP contribution in [0.1, 0.15) is 31.2 Å². The number of hydrogen-bond acceptors (Lipinski definition) is 4. The molecule has 3 heterocycles. The van der Waals surface area contributed by atoms with Crippen LogP contribution in [0.15, 0.2) is 24.5 Å². The summed E-state index contributed by atoms with van der Waals surface area (Å²) in [5.74, 6) is 1.36. The standard InChI is InChI=1S/C18H24N2O3/c21-17(9-14-1-2-14)20-12-18(13-20)16(5-8-23-18)11-22-10-15-3-6-19-7-4-15/h3-4,6-7,14,16H,1-2,5,8-13H2. The summed E-state index contributed by atoms with van der Waals surface area (Å²) < 4.78 is 11.9. The van der Waals surface area contributed by atoms with Gasteiger partial charge in [-0.1, -0.05) is 0 Å². The molecule has 1 saturated carbocycles. The van der Waals surface area contributed by atoms with Gasteiger partial charge in [0.15, 0.2) is 0 Å². The van der Waals surface area contributed by atoms with Crippen molar-refractivity contribution in [2.75, 3.05) is 26.3 Å². The van der Waals surface area contributed by atoms with E-state index in [0.29, 0.717) is 31.0 Å². The first-order valence-electron chi connectivity index (χ1n) is 8.63. The van der Waals surface area contributed by atoms with Gasteiger partial charge in [0.1, 0.15) is 5.60 Å². The minimum absolute atomic E-state index is 0.141. The molecule has 5 nitrogen and oxygen atoms in total. The summed E-state index contributed by atoms with van der Waals surface area (Å²) in [5, 5.41) is 0. The Labute approximate surface area is 137 Å². The molecule has 1 unspecified atom stereocenters. The summed E-state index contributed by atoms with van der Waals surface area (Å²) in [6.07, 6.45) is 7.79. The minimum Gasteiger partial charge on any atom is -0.376 e. The van der Waals surface area contributed by atoms with Gasteiger partial charge in [-0.3, -0.25) is 9.78 Å². The fourth-order valence-electron chi connectivity index (χ4n) is 3.64. The third-order valence-electron chi connectivity index (χ3n) is 5.37. The number of aromatic nitrogens is 1. The average Bonchev–Trinajstić information content (AvgIpc) is 3.23. The molecule has 1 spiro atoms. The molecule has 23 heavy (non-hydrogen) atoms. The van der Waals surface area contributed by atoms with Crippen molar-refractivity contribution in [3.8, 4) is 0 Å². The van der Waals surface area contributed by atoms with E-state index >= 15 is 0 Å². The fraction of sp³-hybridized carbons (Fsp3) is 0.667. The van der Waals surface area contributed by atoms with Crippen molar-refractivity contribution >= 4 is 5.91 Å². The van der Waals surface area contributed by atoms with Crippen molar-refractivity contribution in [2.24, 2.45) is 11.8 Å². The number of hydrogen-bond donors (Lipinski definition) is 0. The van der Waals surface area contributed by atoms with Gasteiger partial charge < -0.3 is 14.4 Å². The Morgan fingerprint density at radius 1 is 1.30 bits per heavy atom. The third-order valence-corrected chi connectivity index (χ3v) is 5.37. The Balaban J connectivity index is 1.25. The van der Waals surface area contributed by atoms with E-state index < -0.39 is 0 Å². The van der Waals surface area contributed by atoms with Crippen LogP contribution >= 0.6 is 0 Å². The van der Waals surface area contributed by atoms with Crippen LogP contribution in [-0.2, 0) is 20.9 Å². The van der Waals surface area contributed by atoms with E-state index in [1.807, 2.05) is 17.0 Å². The zero-order valence-corrected chi connectivity index (χ0v) is 13.4. The zero-order valence-electron chi connectivity index (χ0n) is 13.4. The highest BCUT2D eigenvalue weighted by atomic mass is 16.5. The second-order valence-electron chi connectivity index (χ2n) is 7.17. The van der Waals surface area contributed by atoms with Crippen molar-refractivity contribution in [1.82, 2.24) is 9.88 Å². The predicted octanol–water partition coefficient (Wildman–Crippen LogP) is 2.02. The van der Waals surface area contributed by atoms with E-state index in [0.717, 1.165) is 38.1 Å². The maximum atomic E-state index is 12.2. The molecule has 0 radical (unpaired) electrons. The highest BCUT2D eigenvalue weighted by molar-refractivity contribution is 5.78. The molecule has 0 N–H and O–H groups in total. The number of rotatable bonds is 6. The van der Waals surface area contributed by atoms with Gasteiger partial charge >= 0.3 is 0 Å². The second kappa shape index (κ2) is 6.21. The topological polar surface area (TPSA) is 51.7 Å². The van der Waals surface area contributed by atoms with Crippen LogP contribution < -0.4 is 0 Å². The van der Waals surface area contributed by atoms with E-state index in [1.165, 1.54) is 12.8 Å². The van der Waals surface area contributed by atoms with Crippen molar-refractivity contribution in [1.29, 1.82) is 0 Å². The third kappa shape index (κ3) is 3.26. The normalized spacial score (nSPS) is 25.6. The summed E-state index contributed by atoms with van der Waals surface area (Å²) >= 11 is 0. The summed E-state index contributed by atoms with van der Waals surface area (Å²) in [5.41, 5.74) is 1.00. The molecule has 1 amide bonds. The van der Waals surface area contributed by atoms with E-state index in [2.05, 4.69) is 4.98 Å². The predicted molar refractivity (Wildman–Crippen MR) is 84.6 cm³/mol. The molecule has 2 aliphatic heterocycles. The van der Waals surface area contributed by atoms with E-state index in [4.69, 9.17) is 9.47 Å². The van der Waals surface area contributed by atoms with Gasteiger partial charge in [0.25, 0.3) is 0 Å². The lowest BCUT2D eigenvalue weighted by Gasteiger charge is -2.50.